The highest BCUT2D eigenvalue weighted by atomic mass is 32.2. The van der Waals surface area contributed by atoms with E-state index in [1.54, 1.807) is 0 Å². The van der Waals surface area contributed by atoms with Crippen LogP contribution in [0.4, 0.5) is 0 Å². The molecule has 38 heavy (non-hydrogen) atoms. The van der Waals surface area contributed by atoms with Crippen LogP contribution >= 0.6 is 0 Å². The first-order valence-corrected chi connectivity index (χ1v) is 17.0. The maximum absolute atomic E-state index is 12.4. The molecule has 226 valence electrons. The molecule has 0 aromatic heterocycles. The maximum Gasteiger partial charge on any atom is 0.328 e. The summed E-state index contributed by atoms with van der Waals surface area (Å²) >= 11 is 0. The number of carboxylic acids is 2. The minimum absolute atomic E-state index is 0.0729. The predicted molar refractivity (Wildman–Crippen MR) is 155 cm³/mol. The summed E-state index contributed by atoms with van der Waals surface area (Å²) in [5.41, 5.74) is 0. The van der Waals surface area contributed by atoms with Gasteiger partial charge in [-0.05, 0) is 12.8 Å². The van der Waals surface area contributed by atoms with Crippen molar-refractivity contribution in [2.45, 2.75) is 173 Å². The Kier molecular flexibility index (Phi) is 22.0. The number of carboxylic acid groups (broad SMARTS) is 2. The average Bonchev–Trinajstić information content (AvgIpc) is 2.85. The summed E-state index contributed by atoms with van der Waals surface area (Å²) in [4.78, 5) is 24.3. The number of hydrogen-bond donors (Lipinski definition) is 3. The normalized spacial score (nSPS) is 14.3. The van der Waals surface area contributed by atoms with Crippen LogP contribution in [0.25, 0.3) is 0 Å². The molecule has 0 spiro atoms. The van der Waals surface area contributed by atoms with Crippen LogP contribution in [0.2, 0.25) is 0 Å². The van der Waals surface area contributed by atoms with Crippen LogP contribution in [0.1, 0.15) is 168 Å². The molecule has 7 nitrogen and oxygen atoms in total. The summed E-state index contributed by atoms with van der Waals surface area (Å²) in [5.74, 6) is -4.90. The molecule has 0 fully saturated rings. The summed E-state index contributed by atoms with van der Waals surface area (Å²) in [6, 6.07) is 0. The van der Waals surface area contributed by atoms with E-state index in [9.17, 15) is 32.8 Å². The van der Waals surface area contributed by atoms with Crippen LogP contribution in [-0.2, 0) is 19.7 Å². The Hall–Kier alpha value is -1.15. The van der Waals surface area contributed by atoms with E-state index in [1.807, 2.05) is 0 Å². The average molecular weight is 563 g/mol. The zero-order chi connectivity index (χ0) is 28.7. The van der Waals surface area contributed by atoms with E-state index in [0.717, 1.165) is 51.4 Å². The Morgan fingerprint density at radius 2 is 0.895 bits per heavy atom. The van der Waals surface area contributed by atoms with Gasteiger partial charge in [0.1, 0.15) is 0 Å². The Labute approximate surface area is 233 Å². The smallest absolute Gasteiger partial charge is 0.328 e. The molecule has 0 aromatic rings. The monoisotopic (exact) mass is 562 g/mol. The van der Waals surface area contributed by atoms with Gasteiger partial charge in [0.2, 0.25) is 4.75 Å². The van der Waals surface area contributed by atoms with Crippen LogP contribution in [0.3, 0.4) is 0 Å². The molecule has 0 saturated heterocycles. The second-order valence-electron chi connectivity index (χ2n) is 11.2. The zero-order valence-corrected chi connectivity index (χ0v) is 25.2. The molecule has 0 amide bonds. The number of carbonyl (C=O) groups is 2. The van der Waals surface area contributed by atoms with Gasteiger partial charge in [-0.25, -0.2) is 0 Å². The largest absolute Gasteiger partial charge is 0.481 e. The molecule has 3 N–H and O–H groups in total. The van der Waals surface area contributed by atoms with E-state index in [1.165, 1.54) is 70.6 Å². The van der Waals surface area contributed by atoms with Crippen molar-refractivity contribution in [3.05, 3.63) is 0 Å². The lowest BCUT2D eigenvalue weighted by atomic mass is 9.82. The molecule has 0 heterocycles. The minimum atomic E-state index is -5.13. The van der Waals surface area contributed by atoms with Crippen molar-refractivity contribution >= 4 is 22.1 Å². The first kappa shape index (κ1) is 36.8. The third-order valence-corrected chi connectivity index (χ3v) is 9.52. The molecule has 0 aliphatic rings. The first-order valence-electron chi connectivity index (χ1n) is 15.6. The number of rotatable bonds is 28. The highest BCUT2D eigenvalue weighted by molar-refractivity contribution is 7.88. The summed E-state index contributed by atoms with van der Waals surface area (Å²) < 4.78 is 32.0. The van der Waals surface area contributed by atoms with Crippen LogP contribution in [-0.4, -0.2) is 39.9 Å². The third kappa shape index (κ3) is 15.4. The first-order chi connectivity index (χ1) is 18.1. The highest BCUT2D eigenvalue weighted by Crippen LogP contribution is 2.37. The summed E-state index contributed by atoms with van der Waals surface area (Å²) in [5, 5.41) is 19.7. The van der Waals surface area contributed by atoms with Crippen molar-refractivity contribution in [1.29, 1.82) is 0 Å². The van der Waals surface area contributed by atoms with Crippen molar-refractivity contribution in [2.75, 3.05) is 0 Å². The molecule has 2 atom stereocenters. The van der Waals surface area contributed by atoms with Gasteiger partial charge in [-0.3, -0.25) is 14.1 Å². The van der Waals surface area contributed by atoms with Gasteiger partial charge in [0.15, 0.2) is 0 Å². The van der Waals surface area contributed by atoms with E-state index >= 15 is 0 Å². The van der Waals surface area contributed by atoms with Gasteiger partial charge in [-0.1, -0.05) is 155 Å². The van der Waals surface area contributed by atoms with Crippen LogP contribution in [0.15, 0.2) is 0 Å². The topological polar surface area (TPSA) is 129 Å². The molecular formula is C30H58O7S. The van der Waals surface area contributed by atoms with E-state index in [2.05, 4.69) is 13.8 Å². The molecule has 0 aromatic carbocycles. The highest BCUT2D eigenvalue weighted by Gasteiger charge is 2.58. The van der Waals surface area contributed by atoms with E-state index in [-0.39, 0.29) is 19.3 Å². The van der Waals surface area contributed by atoms with Crippen LogP contribution < -0.4 is 0 Å². The van der Waals surface area contributed by atoms with Crippen LogP contribution in [0, 0.1) is 5.92 Å². The summed E-state index contributed by atoms with van der Waals surface area (Å²) in [6.07, 6.45) is 22.4. The fraction of sp³-hybridized carbons (Fsp3) is 0.933. The molecule has 8 heteroatoms. The molecule has 0 rings (SSSR count). The fourth-order valence-electron chi connectivity index (χ4n) is 5.47. The summed E-state index contributed by atoms with van der Waals surface area (Å²) in [6.45, 7) is 4.39. The molecule has 0 aliphatic heterocycles. The molecule has 2 unspecified atom stereocenters. The second-order valence-corrected chi connectivity index (χ2v) is 12.8. The fourth-order valence-corrected chi connectivity index (χ4v) is 6.67. The zero-order valence-electron chi connectivity index (χ0n) is 24.4. The molecule has 0 saturated carbocycles. The lowest BCUT2D eigenvalue weighted by Gasteiger charge is -2.32. The van der Waals surface area contributed by atoms with Crippen molar-refractivity contribution in [3.8, 4) is 0 Å². The third-order valence-electron chi connectivity index (χ3n) is 7.93. The standard InChI is InChI=1S/C30H58O7S/c1-3-5-7-9-11-13-15-17-19-21-23-25-27(28(31)32)30(29(33)34,38(35,36)37)26-24-22-20-18-16-14-12-10-8-6-4-2/h27H,3-26H2,1-2H3,(H,31,32)(H,33,34)(H,35,36,37). The second kappa shape index (κ2) is 22.6. The lowest BCUT2D eigenvalue weighted by Crippen LogP contribution is -2.55. The maximum atomic E-state index is 12.4. The quantitative estimate of drug-likeness (QED) is 0.0641. The SMILES string of the molecule is CCCCCCCCCCCCCC(C(=O)O)C(CCCCCCCCCCCCC)(C(=O)O)S(=O)(=O)O. The molecule has 0 radical (unpaired) electrons. The van der Waals surface area contributed by atoms with Gasteiger partial charge in [0.25, 0.3) is 10.1 Å². The van der Waals surface area contributed by atoms with E-state index < -0.39 is 32.7 Å². The van der Waals surface area contributed by atoms with Gasteiger partial charge in [-0.2, -0.15) is 8.42 Å². The number of aliphatic carboxylic acids is 2. The van der Waals surface area contributed by atoms with Crippen LogP contribution in [0.5, 0.6) is 0 Å². The summed E-state index contributed by atoms with van der Waals surface area (Å²) in [7, 11) is -5.13. The minimum Gasteiger partial charge on any atom is -0.481 e. The Morgan fingerprint density at radius 1 is 0.579 bits per heavy atom. The van der Waals surface area contributed by atoms with Crippen molar-refractivity contribution in [3.63, 3.8) is 0 Å². The number of hydrogen-bond acceptors (Lipinski definition) is 4. The van der Waals surface area contributed by atoms with Gasteiger partial charge in [0, 0.05) is 0 Å². The van der Waals surface area contributed by atoms with Crippen molar-refractivity contribution in [2.24, 2.45) is 5.92 Å². The van der Waals surface area contributed by atoms with Gasteiger partial charge < -0.3 is 10.2 Å². The van der Waals surface area contributed by atoms with Crippen molar-refractivity contribution in [1.82, 2.24) is 0 Å². The van der Waals surface area contributed by atoms with E-state index in [4.69, 9.17) is 0 Å². The Bertz CT molecular complexity index is 707. The molecule has 0 aliphatic carbocycles. The molecular weight excluding hydrogens is 504 g/mol. The van der Waals surface area contributed by atoms with E-state index in [0.29, 0.717) is 12.8 Å². The lowest BCUT2D eigenvalue weighted by molar-refractivity contribution is -0.152. The Morgan fingerprint density at radius 3 is 1.18 bits per heavy atom. The number of unbranched alkanes of at least 4 members (excludes halogenated alkanes) is 20. The van der Waals surface area contributed by atoms with Gasteiger partial charge in [-0.15, -0.1) is 0 Å². The van der Waals surface area contributed by atoms with Gasteiger partial charge in [0.05, 0.1) is 5.92 Å². The predicted octanol–water partition coefficient (Wildman–Crippen LogP) is 8.80. The molecule has 0 bridgehead atoms. The van der Waals surface area contributed by atoms with Crippen molar-refractivity contribution < 1.29 is 32.8 Å². The van der Waals surface area contributed by atoms with Gasteiger partial charge >= 0.3 is 11.9 Å². The Balaban J connectivity index is 4.65.